The van der Waals surface area contributed by atoms with Gasteiger partial charge in [0.2, 0.25) is 0 Å². The zero-order chi connectivity index (χ0) is 15.0. The fourth-order valence-electron chi connectivity index (χ4n) is 1.98. The van der Waals surface area contributed by atoms with Crippen molar-refractivity contribution in [2.75, 3.05) is 0 Å². The maximum atomic E-state index is 11.4. The molecule has 0 radical (unpaired) electrons. The molecule has 6 nitrogen and oxygen atoms in total. The molecule has 0 fully saturated rings. The highest BCUT2D eigenvalue weighted by atomic mass is 35.5. The lowest BCUT2D eigenvalue weighted by Crippen LogP contribution is -2.08. The maximum absolute atomic E-state index is 11.4. The first-order valence-corrected chi connectivity index (χ1v) is 6.72. The molecule has 3 aromatic rings. The van der Waals surface area contributed by atoms with E-state index in [2.05, 4.69) is 15.1 Å². The smallest absolute Gasteiger partial charge is 0.354 e. The summed E-state index contributed by atoms with van der Waals surface area (Å²) in [4.78, 5) is 20.0. The van der Waals surface area contributed by atoms with Crippen LogP contribution in [0.3, 0.4) is 0 Å². The summed E-state index contributed by atoms with van der Waals surface area (Å²) in [6.45, 7) is 1.90. The summed E-state index contributed by atoms with van der Waals surface area (Å²) in [6, 6.07) is 8.50. The Morgan fingerprint density at radius 1 is 1.29 bits per heavy atom. The molecule has 0 unspecified atom stereocenters. The van der Waals surface area contributed by atoms with Gasteiger partial charge in [-0.05, 0) is 18.2 Å². The van der Waals surface area contributed by atoms with E-state index in [1.807, 2.05) is 6.92 Å². The van der Waals surface area contributed by atoms with Gasteiger partial charge in [-0.1, -0.05) is 30.7 Å². The Hall–Kier alpha value is -2.47. The number of aryl methyl sites for hydroxylation is 1. The second kappa shape index (κ2) is 5.14. The standard InChI is InChI=1S/C14H11ClN4O2/c1-2-12-17-14-16-10(8-3-5-9(15)6-4-8)7-11(13(20)21)19(14)18-12/h3-7H,2H2,1H3,(H,20,21). The number of aromatic carboxylic acids is 1. The minimum absolute atomic E-state index is 0.0251. The molecule has 106 valence electrons. The number of aromatic nitrogens is 4. The predicted molar refractivity (Wildman–Crippen MR) is 77.6 cm³/mol. The first kappa shape index (κ1) is 13.5. The Bertz CT molecular complexity index is 827. The molecular weight excluding hydrogens is 292 g/mol. The van der Waals surface area contributed by atoms with Crippen molar-refractivity contribution in [3.05, 3.63) is 46.9 Å². The van der Waals surface area contributed by atoms with Gasteiger partial charge in [-0.3, -0.25) is 0 Å². The molecule has 1 aromatic carbocycles. The van der Waals surface area contributed by atoms with E-state index in [-0.39, 0.29) is 11.5 Å². The third-order valence-corrected chi connectivity index (χ3v) is 3.28. The van der Waals surface area contributed by atoms with Crippen LogP contribution in [0, 0.1) is 0 Å². The third kappa shape index (κ3) is 2.45. The van der Waals surface area contributed by atoms with E-state index in [0.717, 1.165) is 5.56 Å². The molecule has 2 aromatic heterocycles. The number of carbonyl (C=O) groups is 1. The number of halogens is 1. The number of hydrogen-bond acceptors (Lipinski definition) is 4. The van der Waals surface area contributed by atoms with E-state index in [0.29, 0.717) is 23.0 Å². The van der Waals surface area contributed by atoms with Crippen molar-refractivity contribution in [1.82, 2.24) is 19.6 Å². The van der Waals surface area contributed by atoms with Crippen molar-refractivity contribution in [2.24, 2.45) is 0 Å². The first-order chi connectivity index (χ1) is 10.1. The van der Waals surface area contributed by atoms with Crippen LogP contribution in [0.1, 0.15) is 23.2 Å². The average Bonchev–Trinajstić information content (AvgIpc) is 2.89. The van der Waals surface area contributed by atoms with Gasteiger partial charge in [0.1, 0.15) is 0 Å². The third-order valence-electron chi connectivity index (χ3n) is 3.03. The number of carboxylic acid groups (broad SMARTS) is 1. The summed E-state index contributed by atoms with van der Waals surface area (Å²) in [5, 5.41) is 14.1. The summed E-state index contributed by atoms with van der Waals surface area (Å²) in [5.74, 6) is -0.250. The van der Waals surface area contributed by atoms with Gasteiger partial charge in [-0.15, -0.1) is 5.10 Å². The molecule has 0 saturated carbocycles. The van der Waals surface area contributed by atoms with E-state index in [1.54, 1.807) is 24.3 Å². The van der Waals surface area contributed by atoms with Crippen molar-refractivity contribution in [3.63, 3.8) is 0 Å². The van der Waals surface area contributed by atoms with Crippen LogP contribution < -0.4 is 0 Å². The highest BCUT2D eigenvalue weighted by Crippen LogP contribution is 2.21. The Labute approximate surface area is 125 Å². The summed E-state index contributed by atoms with van der Waals surface area (Å²) in [5.41, 5.74) is 1.31. The van der Waals surface area contributed by atoms with Crippen molar-refractivity contribution in [1.29, 1.82) is 0 Å². The molecule has 0 saturated heterocycles. The lowest BCUT2D eigenvalue weighted by atomic mass is 10.1. The largest absolute Gasteiger partial charge is 0.477 e. The van der Waals surface area contributed by atoms with Gasteiger partial charge in [0.25, 0.3) is 5.78 Å². The van der Waals surface area contributed by atoms with Crippen molar-refractivity contribution in [3.8, 4) is 11.3 Å². The van der Waals surface area contributed by atoms with Crippen molar-refractivity contribution >= 4 is 23.3 Å². The van der Waals surface area contributed by atoms with Crippen molar-refractivity contribution < 1.29 is 9.90 Å². The van der Waals surface area contributed by atoms with Crippen LogP contribution in [-0.4, -0.2) is 30.7 Å². The molecule has 0 aliphatic heterocycles. The number of carboxylic acids is 1. The monoisotopic (exact) mass is 302 g/mol. The SMILES string of the molecule is CCc1nc2nc(-c3ccc(Cl)cc3)cc(C(=O)O)n2n1. The van der Waals surface area contributed by atoms with E-state index in [4.69, 9.17) is 11.6 Å². The second-order valence-corrected chi connectivity index (χ2v) is 4.87. The first-order valence-electron chi connectivity index (χ1n) is 6.34. The van der Waals surface area contributed by atoms with Gasteiger partial charge >= 0.3 is 5.97 Å². The maximum Gasteiger partial charge on any atom is 0.354 e. The lowest BCUT2D eigenvalue weighted by molar-refractivity contribution is 0.0687. The Balaban J connectivity index is 2.24. The van der Waals surface area contributed by atoms with Crippen LogP contribution in [-0.2, 0) is 6.42 Å². The van der Waals surface area contributed by atoms with E-state index in [1.165, 1.54) is 10.6 Å². The number of rotatable bonds is 3. The van der Waals surface area contributed by atoms with Crippen LogP contribution in [0.25, 0.3) is 17.0 Å². The van der Waals surface area contributed by atoms with Crippen LogP contribution >= 0.6 is 11.6 Å². The van der Waals surface area contributed by atoms with Gasteiger partial charge in [-0.2, -0.15) is 9.50 Å². The molecule has 21 heavy (non-hydrogen) atoms. The van der Waals surface area contributed by atoms with Gasteiger partial charge < -0.3 is 5.11 Å². The van der Waals surface area contributed by atoms with Gasteiger partial charge in [-0.25, -0.2) is 9.78 Å². The zero-order valence-electron chi connectivity index (χ0n) is 11.1. The molecule has 0 atom stereocenters. The molecule has 1 N–H and O–H groups in total. The molecule has 3 rings (SSSR count). The Morgan fingerprint density at radius 2 is 2.00 bits per heavy atom. The second-order valence-electron chi connectivity index (χ2n) is 4.43. The predicted octanol–water partition coefficient (Wildman–Crippen LogP) is 2.71. The molecule has 0 amide bonds. The van der Waals surface area contributed by atoms with Gasteiger partial charge in [0, 0.05) is 17.0 Å². The lowest BCUT2D eigenvalue weighted by Gasteiger charge is -2.04. The average molecular weight is 303 g/mol. The molecule has 0 aliphatic rings. The van der Waals surface area contributed by atoms with Crippen LogP contribution in [0.4, 0.5) is 0 Å². The minimum Gasteiger partial charge on any atom is -0.477 e. The molecular formula is C14H11ClN4O2. The molecule has 0 aliphatic carbocycles. The number of nitrogens with zero attached hydrogens (tertiary/aromatic N) is 4. The molecule has 7 heteroatoms. The summed E-state index contributed by atoms with van der Waals surface area (Å²) in [6.07, 6.45) is 0.610. The number of hydrogen-bond donors (Lipinski definition) is 1. The van der Waals surface area contributed by atoms with Crippen LogP contribution in [0.5, 0.6) is 0 Å². The van der Waals surface area contributed by atoms with Crippen LogP contribution in [0.2, 0.25) is 5.02 Å². The van der Waals surface area contributed by atoms with E-state index in [9.17, 15) is 9.90 Å². The van der Waals surface area contributed by atoms with Gasteiger partial charge in [0.05, 0.1) is 5.69 Å². The Kier molecular flexibility index (Phi) is 3.31. The highest BCUT2D eigenvalue weighted by Gasteiger charge is 2.16. The fourth-order valence-corrected chi connectivity index (χ4v) is 2.11. The van der Waals surface area contributed by atoms with Crippen LogP contribution in [0.15, 0.2) is 30.3 Å². The summed E-state index contributed by atoms with van der Waals surface area (Å²) in [7, 11) is 0. The molecule has 2 heterocycles. The van der Waals surface area contributed by atoms with E-state index < -0.39 is 5.97 Å². The zero-order valence-corrected chi connectivity index (χ0v) is 11.9. The highest BCUT2D eigenvalue weighted by molar-refractivity contribution is 6.30. The summed E-state index contributed by atoms with van der Waals surface area (Å²) >= 11 is 5.86. The molecule has 0 spiro atoms. The normalized spacial score (nSPS) is 11.0. The fraction of sp³-hybridized carbons (Fsp3) is 0.143. The molecule has 0 bridgehead atoms. The number of benzene rings is 1. The quantitative estimate of drug-likeness (QED) is 0.804. The van der Waals surface area contributed by atoms with Gasteiger partial charge in [0.15, 0.2) is 11.5 Å². The van der Waals surface area contributed by atoms with E-state index >= 15 is 0 Å². The summed E-state index contributed by atoms with van der Waals surface area (Å²) < 4.78 is 1.25. The minimum atomic E-state index is -1.08. The number of fused-ring (bicyclic) bond motifs is 1. The van der Waals surface area contributed by atoms with Crippen molar-refractivity contribution in [2.45, 2.75) is 13.3 Å². The topological polar surface area (TPSA) is 80.4 Å². The Morgan fingerprint density at radius 3 is 2.62 bits per heavy atom.